The number of β-amino-alcohol motifs (C(OH)–C–C–N with tert-alkyl or cyclic N) is 1. The average Bonchev–Trinajstić information content (AvgIpc) is 2.32. The molecule has 1 aliphatic heterocycles. The molecule has 1 heterocycles. The summed E-state index contributed by atoms with van der Waals surface area (Å²) in [5.74, 6) is 0.318. The zero-order chi connectivity index (χ0) is 13.3. The summed E-state index contributed by atoms with van der Waals surface area (Å²) in [6, 6.07) is 5.09. The fourth-order valence-electron chi connectivity index (χ4n) is 2.12. The standard InChI is InChI=1S/C12H15IN2O3/c1-8-4-5-14(7-12(8)16)9-2-3-11(15(17)18)10(13)6-9/h2-3,6,8,12,16H,4-5,7H2,1H3. The molecular formula is C12H15IN2O3. The lowest BCUT2D eigenvalue weighted by Gasteiger charge is -2.35. The summed E-state index contributed by atoms with van der Waals surface area (Å²) in [5, 5.41) is 20.6. The highest BCUT2D eigenvalue weighted by Crippen LogP contribution is 2.29. The van der Waals surface area contributed by atoms with Crippen molar-refractivity contribution in [3.8, 4) is 0 Å². The maximum atomic E-state index is 10.8. The summed E-state index contributed by atoms with van der Waals surface area (Å²) >= 11 is 1.98. The lowest BCUT2D eigenvalue weighted by Crippen LogP contribution is -2.42. The Kier molecular flexibility index (Phi) is 4.06. The highest BCUT2D eigenvalue weighted by atomic mass is 127. The average molecular weight is 362 g/mol. The lowest BCUT2D eigenvalue weighted by atomic mass is 9.96. The second kappa shape index (κ2) is 5.40. The molecule has 18 heavy (non-hydrogen) atoms. The quantitative estimate of drug-likeness (QED) is 0.499. The van der Waals surface area contributed by atoms with E-state index in [1.165, 1.54) is 6.07 Å². The van der Waals surface area contributed by atoms with E-state index in [0.29, 0.717) is 16.0 Å². The molecule has 1 aromatic carbocycles. The van der Waals surface area contributed by atoms with Crippen LogP contribution in [0.5, 0.6) is 0 Å². The van der Waals surface area contributed by atoms with Gasteiger partial charge in [0, 0.05) is 24.8 Å². The number of rotatable bonds is 2. The van der Waals surface area contributed by atoms with Crippen LogP contribution in [-0.2, 0) is 0 Å². The Labute approximate surface area is 119 Å². The maximum absolute atomic E-state index is 10.8. The highest BCUT2D eigenvalue weighted by Gasteiger charge is 2.25. The second-order valence-corrected chi connectivity index (χ2v) is 5.83. The number of hydrogen-bond acceptors (Lipinski definition) is 4. The molecule has 1 N–H and O–H groups in total. The van der Waals surface area contributed by atoms with Gasteiger partial charge in [-0.05, 0) is 47.1 Å². The van der Waals surface area contributed by atoms with Crippen molar-refractivity contribution in [2.45, 2.75) is 19.4 Å². The van der Waals surface area contributed by atoms with Gasteiger partial charge < -0.3 is 10.0 Å². The number of nitrogens with zero attached hydrogens (tertiary/aromatic N) is 2. The van der Waals surface area contributed by atoms with Gasteiger partial charge in [-0.2, -0.15) is 0 Å². The van der Waals surface area contributed by atoms with Crippen LogP contribution in [-0.4, -0.2) is 29.2 Å². The smallest absolute Gasteiger partial charge is 0.282 e. The Morgan fingerprint density at radius 2 is 2.28 bits per heavy atom. The van der Waals surface area contributed by atoms with Gasteiger partial charge in [0.15, 0.2) is 0 Å². The minimum absolute atomic E-state index is 0.130. The third kappa shape index (κ3) is 2.74. The molecule has 1 fully saturated rings. The van der Waals surface area contributed by atoms with Crippen LogP contribution >= 0.6 is 22.6 Å². The molecule has 2 unspecified atom stereocenters. The number of nitro benzene ring substituents is 1. The summed E-state index contributed by atoms with van der Waals surface area (Å²) in [4.78, 5) is 12.5. The molecule has 2 atom stereocenters. The fraction of sp³-hybridized carbons (Fsp3) is 0.500. The fourth-order valence-corrected chi connectivity index (χ4v) is 2.82. The molecule has 2 rings (SSSR count). The Morgan fingerprint density at radius 1 is 1.56 bits per heavy atom. The molecule has 1 aromatic rings. The van der Waals surface area contributed by atoms with E-state index in [1.807, 2.05) is 29.5 Å². The first-order valence-electron chi connectivity index (χ1n) is 5.86. The van der Waals surface area contributed by atoms with E-state index in [1.54, 1.807) is 12.1 Å². The number of hydrogen-bond donors (Lipinski definition) is 1. The Hall–Kier alpha value is -0.890. The van der Waals surface area contributed by atoms with E-state index in [-0.39, 0.29) is 16.7 Å². The first-order valence-corrected chi connectivity index (χ1v) is 6.94. The predicted octanol–water partition coefficient (Wildman–Crippen LogP) is 2.41. The van der Waals surface area contributed by atoms with Crippen LogP contribution in [0.3, 0.4) is 0 Å². The zero-order valence-electron chi connectivity index (χ0n) is 10.0. The second-order valence-electron chi connectivity index (χ2n) is 4.67. The lowest BCUT2D eigenvalue weighted by molar-refractivity contribution is -0.385. The highest BCUT2D eigenvalue weighted by molar-refractivity contribution is 14.1. The molecule has 1 aliphatic rings. The number of anilines is 1. The van der Waals surface area contributed by atoms with Crippen LogP contribution in [0.1, 0.15) is 13.3 Å². The summed E-state index contributed by atoms with van der Waals surface area (Å²) in [7, 11) is 0. The molecule has 6 heteroatoms. The molecule has 0 radical (unpaired) electrons. The first-order chi connectivity index (χ1) is 8.49. The molecule has 98 valence electrons. The number of nitro groups is 1. The molecular weight excluding hydrogens is 347 g/mol. The number of aliphatic hydroxyl groups excluding tert-OH is 1. The summed E-state index contributed by atoms with van der Waals surface area (Å²) in [6.45, 7) is 3.52. The minimum Gasteiger partial charge on any atom is -0.391 e. The Bertz CT molecular complexity index is 467. The van der Waals surface area contributed by atoms with Gasteiger partial charge in [-0.15, -0.1) is 0 Å². The van der Waals surface area contributed by atoms with Gasteiger partial charge >= 0.3 is 0 Å². The summed E-state index contributed by atoms with van der Waals surface area (Å²) in [5.41, 5.74) is 1.07. The Balaban J connectivity index is 2.19. The Morgan fingerprint density at radius 3 is 2.83 bits per heavy atom. The van der Waals surface area contributed by atoms with Crippen molar-refractivity contribution in [1.82, 2.24) is 0 Å². The SMILES string of the molecule is CC1CCN(c2ccc([N+](=O)[O-])c(I)c2)CC1O. The predicted molar refractivity (Wildman–Crippen MR) is 77.8 cm³/mol. The van der Waals surface area contributed by atoms with Crippen molar-refractivity contribution in [2.24, 2.45) is 5.92 Å². The zero-order valence-corrected chi connectivity index (χ0v) is 12.2. The molecule has 1 saturated heterocycles. The van der Waals surface area contributed by atoms with Gasteiger partial charge in [-0.3, -0.25) is 10.1 Å². The topological polar surface area (TPSA) is 66.6 Å². The molecule has 0 amide bonds. The third-order valence-corrected chi connectivity index (χ3v) is 4.28. The number of piperidine rings is 1. The number of aliphatic hydroxyl groups is 1. The van der Waals surface area contributed by atoms with Crippen molar-refractivity contribution in [3.63, 3.8) is 0 Å². The van der Waals surface area contributed by atoms with Crippen LogP contribution < -0.4 is 4.90 Å². The third-order valence-electron chi connectivity index (χ3n) is 3.41. The van der Waals surface area contributed by atoms with E-state index in [0.717, 1.165) is 18.7 Å². The van der Waals surface area contributed by atoms with Crippen molar-refractivity contribution in [3.05, 3.63) is 31.9 Å². The minimum atomic E-state index is -0.376. The van der Waals surface area contributed by atoms with Crippen molar-refractivity contribution in [1.29, 1.82) is 0 Å². The molecule has 0 aliphatic carbocycles. The molecule has 0 aromatic heterocycles. The molecule has 5 nitrogen and oxygen atoms in total. The van der Waals surface area contributed by atoms with Crippen molar-refractivity contribution < 1.29 is 10.0 Å². The van der Waals surface area contributed by atoms with E-state index in [4.69, 9.17) is 0 Å². The van der Waals surface area contributed by atoms with E-state index >= 15 is 0 Å². The van der Waals surface area contributed by atoms with Crippen LogP contribution in [0.4, 0.5) is 11.4 Å². The van der Waals surface area contributed by atoms with Crippen molar-refractivity contribution >= 4 is 34.0 Å². The van der Waals surface area contributed by atoms with Gasteiger partial charge in [0.25, 0.3) is 5.69 Å². The van der Waals surface area contributed by atoms with E-state index < -0.39 is 0 Å². The van der Waals surface area contributed by atoms with Gasteiger partial charge in [0.1, 0.15) is 0 Å². The maximum Gasteiger partial charge on any atom is 0.282 e. The largest absolute Gasteiger partial charge is 0.391 e. The summed E-state index contributed by atoms with van der Waals surface area (Å²) < 4.78 is 0.628. The normalized spacial score (nSPS) is 24.1. The van der Waals surface area contributed by atoms with Gasteiger partial charge in [0.2, 0.25) is 0 Å². The molecule has 0 saturated carbocycles. The van der Waals surface area contributed by atoms with Crippen LogP contribution in [0, 0.1) is 19.6 Å². The number of halogens is 1. The summed E-state index contributed by atoms with van der Waals surface area (Å²) in [6.07, 6.45) is 0.612. The van der Waals surface area contributed by atoms with Crippen LogP contribution in [0.2, 0.25) is 0 Å². The van der Waals surface area contributed by atoms with Crippen LogP contribution in [0.15, 0.2) is 18.2 Å². The van der Waals surface area contributed by atoms with Crippen molar-refractivity contribution in [2.75, 3.05) is 18.0 Å². The molecule has 0 spiro atoms. The first kappa shape index (κ1) is 13.5. The van der Waals surface area contributed by atoms with E-state index in [9.17, 15) is 15.2 Å². The van der Waals surface area contributed by atoms with Gasteiger partial charge in [-0.1, -0.05) is 6.92 Å². The van der Waals surface area contributed by atoms with E-state index in [2.05, 4.69) is 4.90 Å². The van der Waals surface area contributed by atoms with Gasteiger partial charge in [0.05, 0.1) is 14.6 Å². The molecule has 0 bridgehead atoms. The number of benzene rings is 1. The van der Waals surface area contributed by atoms with Gasteiger partial charge in [-0.25, -0.2) is 0 Å². The monoisotopic (exact) mass is 362 g/mol. The van der Waals surface area contributed by atoms with Crippen LogP contribution in [0.25, 0.3) is 0 Å².